The van der Waals surface area contributed by atoms with E-state index in [2.05, 4.69) is 43.7 Å². The monoisotopic (exact) mass is 312 g/mol. The predicted molar refractivity (Wildman–Crippen MR) is 88.1 cm³/mol. The van der Waals surface area contributed by atoms with Gasteiger partial charge in [0.05, 0.1) is 18.0 Å². The Hall–Kier alpha value is -0.583. The van der Waals surface area contributed by atoms with Gasteiger partial charge in [-0.15, -0.1) is 0 Å². The van der Waals surface area contributed by atoms with Gasteiger partial charge in [-0.05, 0) is 36.7 Å². The average Bonchev–Trinajstić information content (AvgIpc) is 2.76. The summed E-state index contributed by atoms with van der Waals surface area (Å²) in [5.74, 6) is 0. The molecule has 2 heterocycles. The van der Waals surface area contributed by atoms with Gasteiger partial charge in [0, 0.05) is 13.1 Å². The zero-order valence-electron chi connectivity index (χ0n) is 13.1. The Morgan fingerprint density at radius 1 is 1.35 bits per heavy atom. The second kappa shape index (κ2) is 5.66. The predicted octanol–water partition coefficient (Wildman–Crippen LogP) is 4.34. The van der Waals surface area contributed by atoms with Crippen LogP contribution in [0.4, 0.5) is 5.69 Å². The first kappa shape index (κ1) is 15.8. The van der Waals surface area contributed by atoms with Gasteiger partial charge in [-0.1, -0.05) is 32.4 Å². The van der Waals surface area contributed by atoms with Crippen LogP contribution in [-0.2, 0) is 4.43 Å². The van der Waals surface area contributed by atoms with Crippen molar-refractivity contribution >= 4 is 25.6 Å². The molecule has 1 fully saturated rings. The summed E-state index contributed by atoms with van der Waals surface area (Å²) >= 11 is 5.84. The zero-order chi connectivity index (χ0) is 15.0. The van der Waals surface area contributed by atoms with E-state index in [1.165, 1.54) is 0 Å². The molecular weight excluding hydrogens is 288 g/mol. The number of pyridine rings is 1. The first-order chi connectivity index (χ1) is 9.19. The second-order valence-corrected chi connectivity index (χ2v) is 12.2. The van der Waals surface area contributed by atoms with E-state index in [1.54, 1.807) is 0 Å². The first-order valence-corrected chi connectivity index (χ1v) is 10.5. The summed E-state index contributed by atoms with van der Waals surface area (Å²) in [7, 11) is -1.67. The SMILES string of the molecule is CC(C)(C)[Si](C)(C)O[C@@H]1CCN(c2ccc(Cl)nc2)C1. The molecular formula is C15H25ClN2OSi. The lowest BCUT2D eigenvalue weighted by molar-refractivity contribution is 0.202. The Labute approximate surface area is 128 Å². The van der Waals surface area contributed by atoms with Gasteiger partial charge in [-0.3, -0.25) is 0 Å². The van der Waals surface area contributed by atoms with Gasteiger partial charge >= 0.3 is 0 Å². The lowest BCUT2D eigenvalue weighted by Crippen LogP contribution is -2.44. The number of hydrogen-bond donors (Lipinski definition) is 0. The van der Waals surface area contributed by atoms with Crippen molar-refractivity contribution in [1.82, 2.24) is 4.98 Å². The molecule has 1 saturated heterocycles. The lowest BCUT2D eigenvalue weighted by atomic mass is 10.2. The highest BCUT2D eigenvalue weighted by atomic mass is 35.5. The lowest BCUT2D eigenvalue weighted by Gasteiger charge is -2.38. The summed E-state index contributed by atoms with van der Waals surface area (Å²) in [6.45, 7) is 13.5. The fourth-order valence-corrected chi connectivity index (χ4v) is 3.70. The van der Waals surface area contributed by atoms with E-state index in [4.69, 9.17) is 16.0 Å². The third-order valence-electron chi connectivity index (χ3n) is 4.49. The number of hydrogen-bond acceptors (Lipinski definition) is 3. The Morgan fingerprint density at radius 3 is 2.60 bits per heavy atom. The summed E-state index contributed by atoms with van der Waals surface area (Å²) in [5.41, 5.74) is 1.13. The normalized spacial score (nSPS) is 20.5. The summed E-state index contributed by atoms with van der Waals surface area (Å²) in [5, 5.41) is 0.810. The van der Waals surface area contributed by atoms with Gasteiger partial charge in [0.25, 0.3) is 0 Å². The Bertz CT molecular complexity index is 456. The van der Waals surface area contributed by atoms with Crippen LogP contribution in [-0.4, -0.2) is 32.5 Å². The minimum absolute atomic E-state index is 0.266. The molecule has 112 valence electrons. The molecule has 1 aromatic rings. The van der Waals surface area contributed by atoms with E-state index in [-0.39, 0.29) is 5.04 Å². The fraction of sp³-hybridized carbons (Fsp3) is 0.667. The van der Waals surface area contributed by atoms with E-state index >= 15 is 0 Å². The Balaban J connectivity index is 1.98. The number of anilines is 1. The largest absolute Gasteiger partial charge is 0.412 e. The molecule has 20 heavy (non-hydrogen) atoms. The summed E-state index contributed by atoms with van der Waals surface area (Å²) < 4.78 is 6.49. The van der Waals surface area contributed by atoms with E-state index in [0.29, 0.717) is 11.3 Å². The maximum Gasteiger partial charge on any atom is 0.192 e. The molecule has 0 spiro atoms. The molecule has 1 aromatic heterocycles. The van der Waals surface area contributed by atoms with Gasteiger partial charge in [0.2, 0.25) is 0 Å². The molecule has 3 nitrogen and oxygen atoms in total. The number of nitrogens with zero attached hydrogens (tertiary/aromatic N) is 2. The van der Waals surface area contributed by atoms with E-state index in [9.17, 15) is 0 Å². The molecule has 5 heteroatoms. The van der Waals surface area contributed by atoms with Crippen LogP contribution in [0.5, 0.6) is 0 Å². The van der Waals surface area contributed by atoms with Crippen molar-refractivity contribution in [3.05, 3.63) is 23.5 Å². The van der Waals surface area contributed by atoms with Crippen molar-refractivity contribution in [2.75, 3.05) is 18.0 Å². The number of rotatable bonds is 3. The molecule has 0 aliphatic carbocycles. The van der Waals surface area contributed by atoms with Crippen molar-refractivity contribution in [3.63, 3.8) is 0 Å². The summed E-state index contributed by atoms with van der Waals surface area (Å²) in [6, 6.07) is 3.88. The van der Waals surface area contributed by atoms with Crippen LogP contribution in [0.2, 0.25) is 23.3 Å². The van der Waals surface area contributed by atoms with Crippen LogP contribution < -0.4 is 4.90 Å². The number of aromatic nitrogens is 1. The molecule has 2 rings (SSSR count). The quantitative estimate of drug-likeness (QED) is 0.613. The average molecular weight is 313 g/mol. The van der Waals surface area contributed by atoms with Crippen molar-refractivity contribution in [2.45, 2.75) is 51.4 Å². The Morgan fingerprint density at radius 2 is 2.05 bits per heavy atom. The molecule has 0 N–H and O–H groups in total. The van der Waals surface area contributed by atoms with Gasteiger partial charge in [-0.2, -0.15) is 0 Å². The molecule has 1 aliphatic heterocycles. The first-order valence-electron chi connectivity index (χ1n) is 7.23. The highest BCUT2D eigenvalue weighted by Crippen LogP contribution is 2.38. The van der Waals surface area contributed by atoms with Crippen LogP contribution in [0, 0.1) is 0 Å². The molecule has 0 unspecified atom stereocenters. The Kier molecular flexibility index (Phi) is 4.47. The van der Waals surface area contributed by atoms with E-state index < -0.39 is 8.32 Å². The van der Waals surface area contributed by atoms with Crippen LogP contribution >= 0.6 is 11.6 Å². The standard InChI is InChI=1S/C15H25ClN2OSi/c1-15(2,3)20(4,5)19-13-8-9-18(11-13)12-6-7-14(16)17-10-12/h6-7,10,13H,8-9,11H2,1-5H3/t13-/m1/s1. The van der Waals surface area contributed by atoms with Crippen LogP contribution in [0.3, 0.4) is 0 Å². The summed E-state index contributed by atoms with van der Waals surface area (Å²) in [4.78, 5) is 6.49. The van der Waals surface area contributed by atoms with E-state index in [1.807, 2.05) is 18.3 Å². The maximum atomic E-state index is 6.49. The molecule has 0 radical (unpaired) electrons. The second-order valence-electron chi connectivity index (χ2n) is 7.07. The minimum Gasteiger partial charge on any atom is -0.412 e. The third-order valence-corrected chi connectivity index (χ3v) is 9.25. The molecule has 1 aliphatic rings. The van der Waals surface area contributed by atoms with Crippen molar-refractivity contribution in [3.8, 4) is 0 Å². The van der Waals surface area contributed by atoms with Crippen molar-refractivity contribution in [1.29, 1.82) is 0 Å². The molecule has 0 saturated carbocycles. The van der Waals surface area contributed by atoms with Crippen LogP contribution in [0.25, 0.3) is 0 Å². The smallest absolute Gasteiger partial charge is 0.192 e. The van der Waals surface area contributed by atoms with Gasteiger partial charge in [0.1, 0.15) is 5.15 Å². The van der Waals surface area contributed by atoms with Crippen LogP contribution in [0.1, 0.15) is 27.2 Å². The van der Waals surface area contributed by atoms with E-state index in [0.717, 1.165) is 25.2 Å². The van der Waals surface area contributed by atoms with Crippen LogP contribution in [0.15, 0.2) is 18.3 Å². The van der Waals surface area contributed by atoms with Crippen molar-refractivity contribution < 1.29 is 4.43 Å². The van der Waals surface area contributed by atoms with Crippen molar-refractivity contribution in [2.24, 2.45) is 0 Å². The summed E-state index contributed by atoms with van der Waals surface area (Å²) in [6.07, 6.45) is 3.28. The molecule has 0 aromatic carbocycles. The molecule has 1 atom stereocenters. The molecule has 0 amide bonds. The molecule has 0 bridgehead atoms. The fourth-order valence-electron chi connectivity index (χ4n) is 2.21. The third kappa shape index (κ3) is 3.54. The van der Waals surface area contributed by atoms with Gasteiger partial charge in [-0.25, -0.2) is 4.98 Å². The van der Waals surface area contributed by atoms with Gasteiger partial charge in [0.15, 0.2) is 8.32 Å². The number of halogens is 1. The van der Waals surface area contributed by atoms with Gasteiger partial charge < -0.3 is 9.33 Å². The highest BCUT2D eigenvalue weighted by molar-refractivity contribution is 6.74. The minimum atomic E-state index is -1.67. The maximum absolute atomic E-state index is 6.49. The highest BCUT2D eigenvalue weighted by Gasteiger charge is 2.40. The zero-order valence-corrected chi connectivity index (χ0v) is 14.9. The topological polar surface area (TPSA) is 25.4 Å².